The van der Waals surface area contributed by atoms with Crippen molar-refractivity contribution in [3.8, 4) is 23.0 Å². The molecule has 28 heavy (non-hydrogen) atoms. The Bertz CT molecular complexity index is 915. The number of ether oxygens (including phenoxy) is 3. The maximum Gasteiger partial charge on any atom is 0.349 e. The molecule has 0 radical (unpaired) electrons. The lowest BCUT2D eigenvalue weighted by molar-refractivity contribution is -0.136. The van der Waals surface area contributed by atoms with Crippen molar-refractivity contribution in [3.63, 3.8) is 0 Å². The van der Waals surface area contributed by atoms with Gasteiger partial charge in [-0.1, -0.05) is 44.2 Å². The highest BCUT2D eigenvalue weighted by Crippen LogP contribution is 2.28. The Kier molecular flexibility index (Phi) is 6.33. The van der Waals surface area contributed by atoms with Crippen LogP contribution in [-0.2, 0) is 4.79 Å². The van der Waals surface area contributed by atoms with Crippen LogP contribution in [0.4, 0.5) is 0 Å². The van der Waals surface area contributed by atoms with Gasteiger partial charge in [0.1, 0.15) is 23.0 Å². The molecule has 0 aliphatic carbocycles. The third-order valence-corrected chi connectivity index (χ3v) is 4.17. The molecule has 3 aromatic carbocycles. The van der Waals surface area contributed by atoms with E-state index in [-0.39, 0.29) is 6.61 Å². The van der Waals surface area contributed by atoms with Crippen LogP contribution in [0, 0.1) is 6.92 Å². The number of para-hydroxylation sites is 1. The van der Waals surface area contributed by atoms with Crippen LogP contribution in [-0.4, -0.2) is 12.6 Å². The first-order chi connectivity index (χ1) is 13.5. The van der Waals surface area contributed by atoms with Gasteiger partial charge in [0.2, 0.25) is 0 Å². The second-order valence-electron chi connectivity index (χ2n) is 6.85. The molecule has 0 bridgehead atoms. The van der Waals surface area contributed by atoms with Gasteiger partial charge in [0, 0.05) is 0 Å². The average molecular weight is 376 g/mol. The molecule has 0 saturated carbocycles. The summed E-state index contributed by atoms with van der Waals surface area (Å²) < 4.78 is 16.8. The first-order valence-electron chi connectivity index (χ1n) is 9.28. The fourth-order valence-corrected chi connectivity index (χ4v) is 2.74. The topological polar surface area (TPSA) is 44.8 Å². The standard InChI is InChI=1S/C24H24O4/c1-17(2)22-14-9-18(3)15-23(22)26-16-24(25)28-21-12-10-20(11-13-21)27-19-7-5-4-6-8-19/h4-15,17H,16H2,1-3H3. The molecule has 4 heteroatoms. The van der Waals surface area contributed by atoms with E-state index < -0.39 is 5.97 Å². The Labute approximate surface area is 165 Å². The van der Waals surface area contributed by atoms with Crippen molar-refractivity contribution in [2.75, 3.05) is 6.61 Å². The van der Waals surface area contributed by atoms with Crippen LogP contribution in [0.15, 0.2) is 72.8 Å². The highest BCUT2D eigenvalue weighted by atomic mass is 16.6. The largest absolute Gasteiger partial charge is 0.482 e. The summed E-state index contributed by atoms with van der Waals surface area (Å²) in [6.07, 6.45) is 0. The Morgan fingerprint density at radius 3 is 2.18 bits per heavy atom. The summed E-state index contributed by atoms with van der Waals surface area (Å²) in [6, 6.07) is 22.4. The Hall–Kier alpha value is -3.27. The van der Waals surface area contributed by atoms with E-state index >= 15 is 0 Å². The van der Waals surface area contributed by atoms with Gasteiger partial charge in [-0.25, -0.2) is 4.79 Å². The lowest BCUT2D eigenvalue weighted by Gasteiger charge is -2.14. The maximum atomic E-state index is 12.1. The Morgan fingerprint density at radius 2 is 1.50 bits per heavy atom. The second-order valence-corrected chi connectivity index (χ2v) is 6.85. The van der Waals surface area contributed by atoms with E-state index in [2.05, 4.69) is 13.8 Å². The van der Waals surface area contributed by atoms with Gasteiger partial charge >= 0.3 is 5.97 Å². The van der Waals surface area contributed by atoms with Crippen LogP contribution in [0.3, 0.4) is 0 Å². The van der Waals surface area contributed by atoms with Crippen LogP contribution in [0.1, 0.15) is 30.9 Å². The molecule has 3 aromatic rings. The van der Waals surface area contributed by atoms with Crippen LogP contribution in [0.5, 0.6) is 23.0 Å². The molecule has 0 saturated heterocycles. The van der Waals surface area contributed by atoms with Gasteiger partial charge in [-0.05, 0) is 66.4 Å². The van der Waals surface area contributed by atoms with Gasteiger partial charge in [-0.15, -0.1) is 0 Å². The molecule has 4 nitrogen and oxygen atoms in total. The lowest BCUT2D eigenvalue weighted by atomic mass is 10.0. The summed E-state index contributed by atoms with van der Waals surface area (Å²) in [5.41, 5.74) is 2.16. The van der Waals surface area contributed by atoms with Crippen LogP contribution in [0.25, 0.3) is 0 Å². The third-order valence-electron chi connectivity index (χ3n) is 4.17. The van der Waals surface area contributed by atoms with Crippen molar-refractivity contribution >= 4 is 5.97 Å². The number of hydrogen-bond donors (Lipinski definition) is 0. The number of rotatable bonds is 7. The molecule has 144 valence electrons. The minimum atomic E-state index is -0.451. The number of benzene rings is 3. The SMILES string of the molecule is Cc1ccc(C(C)C)c(OCC(=O)Oc2ccc(Oc3ccccc3)cc2)c1. The van der Waals surface area contributed by atoms with Crippen molar-refractivity contribution < 1.29 is 19.0 Å². The summed E-state index contributed by atoms with van der Waals surface area (Å²) >= 11 is 0. The molecule has 0 aromatic heterocycles. The summed E-state index contributed by atoms with van der Waals surface area (Å²) in [6.45, 7) is 6.03. The van der Waals surface area contributed by atoms with Crippen molar-refractivity contribution in [1.82, 2.24) is 0 Å². The monoisotopic (exact) mass is 376 g/mol. The molecule has 0 N–H and O–H groups in total. The molecule has 3 rings (SSSR count). The zero-order chi connectivity index (χ0) is 19.9. The van der Waals surface area contributed by atoms with Crippen LogP contribution >= 0.6 is 0 Å². The molecule has 0 fully saturated rings. The number of hydrogen-bond acceptors (Lipinski definition) is 4. The highest BCUT2D eigenvalue weighted by molar-refractivity contribution is 5.74. The van der Waals surface area contributed by atoms with Gasteiger partial charge in [0.15, 0.2) is 6.61 Å². The lowest BCUT2D eigenvalue weighted by Crippen LogP contribution is -2.18. The van der Waals surface area contributed by atoms with Crippen LogP contribution < -0.4 is 14.2 Å². The van der Waals surface area contributed by atoms with Gasteiger partial charge in [0.25, 0.3) is 0 Å². The smallest absolute Gasteiger partial charge is 0.349 e. The zero-order valence-electron chi connectivity index (χ0n) is 16.3. The third kappa shape index (κ3) is 5.36. The Balaban J connectivity index is 1.56. The van der Waals surface area contributed by atoms with Crippen molar-refractivity contribution in [1.29, 1.82) is 0 Å². The summed E-state index contributed by atoms with van der Waals surface area (Å²) in [7, 11) is 0. The molecule has 0 spiro atoms. The molecule has 0 unspecified atom stereocenters. The summed E-state index contributed by atoms with van der Waals surface area (Å²) in [5.74, 6) is 2.45. The van der Waals surface area contributed by atoms with Gasteiger partial charge in [-0.3, -0.25) is 0 Å². The van der Waals surface area contributed by atoms with Crippen molar-refractivity contribution in [2.24, 2.45) is 0 Å². The molecule has 0 heterocycles. The van der Waals surface area contributed by atoms with E-state index in [1.165, 1.54) is 0 Å². The number of carbonyl (C=O) groups excluding carboxylic acids is 1. The predicted molar refractivity (Wildman–Crippen MR) is 109 cm³/mol. The predicted octanol–water partition coefficient (Wildman–Crippen LogP) is 5.90. The number of aryl methyl sites for hydroxylation is 1. The number of carbonyl (C=O) groups is 1. The molecule has 0 aliphatic heterocycles. The first-order valence-corrected chi connectivity index (χ1v) is 9.28. The maximum absolute atomic E-state index is 12.1. The quantitative estimate of drug-likeness (QED) is 0.381. The van der Waals surface area contributed by atoms with Crippen LogP contribution in [0.2, 0.25) is 0 Å². The second kappa shape index (κ2) is 9.09. The first kappa shape index (κ1) is 19.5. The van der Waals surface area contributed by atoms with E-state index in [9.17, 15) is 4.79 Å². The normalized spacial score (nSPS) is 10.6. The van der Waals surface area contributed by atoms with Crippen molar-refractivity contribution in [3.05, 3.63) is 83.9 Å². The zero-order valence-corrected chi connectivity index (χ0v) is 16.3. The van der Waals surface area contributed by atoms with Gasteiger partial charge in [0.05, 0.1) is 0 Å². The summed E-state index contributed by atoms with van der Waals surface area (Å²) in [4.78, 5) is 12.1. The minimum Gasteiger partial charge on any atom is -0.482 e. The van der Waals surface area contributed by atoms with E-state index in [0.29, 0.717) is 17.4 Å². The fourth-order valence-electron chi connectivity index (χ4n) is 2.74. The fraction of sp³-hybridized carbons (Fsp3) is 0.208. The molecule has 0 amide bonds. The molecular weight excluding hydrogens is 352 g/mol. The summed E-state index contributed by atoms with van der Waals surface area (Å²) in [5, 5.41) is 0. The van der Waals surface area contributed by atoms with E-state index in [0.717, 1.165) is 22.6 Å². The highest BCUT2D eigenvalue weighted by Gasteiger charge is 2.12. The molecule has 0 atom stereocenters. The minimum absolute atomic E-state index is 0.147. The van der Waals surface area contributed by atoms with E-state index in [1.54, 1.807) is 24.3 Å². The van der Waals surface area contributed by atoms with Crippen molar-refractivity contribution in [2.45, 2.75) is 26.7 Å². The molecular formula is C24H24O4. The van der Waals surface area contributed by atoms with Gasteiger partial charge in [-0.2, -0.15) is 0 Å². The van der Waals surface area contributed by atoms with E-state index in [4.69, 9.17) is 14.2 Å². The Morgan fingerprint density at radius 1 is 0.857 bits per heavy atom. The molecule has 0 aliphatic rings. The van der Waals surface area contributed by atoms with E-state index in [1.807, 2.05) is 55.5 Å². The number of esters is 1. The van der Waals surface area contributed by atoms with Gasteiger partial charge < -0.3 is 14.2 Å². The average Bonchev–Trinajstić information content (AvgIpc) is 2.68.